The van der Waals surface area contributed by atoms with Gasteiger partial charge in [0.25, 0.3) is 0 Å². The predicted octanol–water partition coefficient (Wildman–Crippen LogP) is 3.89. The molecule has 0 aliphatic heterocycles. The summed E-state index contributed by atoms with van der Waals surface area (Å²) in [4.78, 5) is 0. The fourth-order valence-electron chi connectivity index (χ4n) is 1.81. The molecule has 0 fully saturated rings. The molecule has 0 unspecified atom stereocenters. The highest BCUT2D eigenvalue weighted by atomic mass is 79.9. The molecular weight excluding hydrogens is 309 g/mol. The molecule has 0 spiro atoms. The normalized spacial score (nSPS) is 10.5. The Balaban J connectivity index is 2.17. The van der Waals surface area contributed by atoms with Crippen molar-refractivity contribution in [3.8, 4) is 5.75 Å². The Morgan fingerprint density at radius 2 is 1.84 bits per heavy atom. The maximum atomic E-state index is 13.8. The van der Waals surface area contributed by atoms with E-state index in [1.54, 1.807) is 6.07 Å². The van der Waals surface area contributed by atoms with Crippen molar-refractivity contribution in [3.05, 3.63) is 63.9 Å². The molecule has 0 saturated carbocycles. The number of hydrogen-bond donors (Lipinski definition) is 1. The van der Waals surface area contributed by atoms with E-state index in [9.17, 15) is 4.39 Å². The minimum atomic E-state index is -0.334. The highest BCUT2D eigenvalue weighted by molar-refractivity contribution is 9.10. The molecule has 0 aliphatic rings. The zero-order valence-corrected chi connectivity index (χ0v) is 12.2. The van der Waals surface area contributed by atoms with Gasteiger partial charge < -0.3 is 10.1 Å². The van der Waals surface area contributed by atoms with Crippen molar-refractivity contribution in [1.29, 1.82) is 0 Å². The van der Waals surface area contributed by atoms with Crippen LogP contribution in [0.3, 0.4) is 0 Å². The molecule has 2 aromatic carbocycles. The molecule has 0 aromatic heterocycles. The molecule has 4 heteroatoms. The largest absolute Gasteiger partial charge is 0.485 e. The fourth-order valence-corrected chi connectivity index (χ4v) is 2.21. The molecule has 2 nitrogen and oxygen atoms in total. The highest BCUT2D eigenvalue weighted by Crippen LogP contribution is 2.25. The van der Waals surface area contributed by atoms with Gasteiger partial charge in [-0.25, -0.2) is 4.39 Å². The molecule has 0 aliphatic carbocycles. The summed E-state index contributed by atoms with van der Waals surface area (Å²) in [5.74, 6) is -0.0209. The Morgan fingerprint density at radius 1 is 1.11 bits per heavy atom. The van der Waals surface area contributed by atoms with Gasteiger partial charge in [0.15, 0.2) is 11.6 Å². The predicted molar refractivity (Wildman–Crippen MR) is 77.6 cm³/mol. The van der Waals surface area contributed by atoms with Gasteiger partial charge in [0, 0.05) is 22.1 Å². The van der Waals surface area contributed by atoms with E-state index < -0.39 is 0 Å². The summed E-state index contributed by atoms with van der Waals surface area (Å²) in [6.45, 7) is 0.905. The minimum Gasteiger partial charge on any atom is -0.485 e. The molecule has 1 N–H and O–H groups in total. The summed E-state index contributed by atoms with van der Waals surface area (Å²) in [6, 6.07) is 12.7. The van der Waals surface area contributed by atoms with Crippen molar-refractivity contribution in [2.45, 2.75) is 13.2 Å². The van der Waals surface area contributed by atoms with Crippen LogP contribution in [0.5, 0.6) is 5.75 Å². The van der Waals surface area contributed by atoms with Crippen LogP contribution in [0.15, 0.2) is 46.9 Å². The lowest BCUT2D eigenvalue weighted by Crippen LogP contribution is -2.08. The first-order chi connectivity index (χ1) is 9.22. The Kier molecular flexibility index (Phi) is 4.93. The van der Waals surface area contributed by atoms with Crippen molar-refractivity contribution in [2.75, 3.05) is 7.05 Å². The summed E-state index contributed by atoms with van der Waals surface area (Å²) in [5.41, 5.74) is 1.80. The molecular formula is C15H15BrFNO. The van der Waals surface area contributed by atoms with Crippen LogP contribution >= 0.6 is 15.9 Å². The third-order valence-corrected chi connectivity index (χ3v) is 3.52. The quantitative estimate of drug-likeness (QED) is 0.901. The van der Waals surface area contributed by atoms with Gasteiger partial charge in [-0.05, 0) is 19.2 Å². The van der Waals surface area contributed by atoms with Gasteiger partial charge in [-0.3, -0.25) is 0 Å². The minimum absolute atomic E-state index is 0.313. The summed E-state index contributed by atoms with van der Waals surface area (Å²) in [7, 11) is 1.82. The Bertz CT molecular complexity index is 560. The SMILES string of the molecule is CNCc1cccc(F)c1OCc1ccccc1Br. The second kappa shape index (κ2) is 6.68. The Morgan fingerprint density at radius 3 is 2.58 bits per heavy atom. The van der Waals surface area contributed by atoms with Crippen LogP contribution in [0.2, 0.25) is 0 Å². The first kappa shape index (κ1) is 14.0. The first-order valence-corrected chi connectivity index (χ1v) is 6.80. The van der Waals surface area contributed by atoms with E-state index in [1.165, 1.54) is 6.07 Å². The van der Waals surface area contributed by atoms with Crippen LogP contribution in [0.25, 0.3) is 0 Å². The van der Waals surface area contributed by atoms with E-state index in [-0.39, 0.29) is 5.82 Å². The standard InChI is InChI=1S/C15H15BrFNO/c1-18-9-11-6-4-8-14(17)15(11)19-10-12-5-2-3-7-13(12)16/h2-8,18H,9-10H2,1H3. The van der Waals surface area contributed by atoms with E-state index in [0.717, 1.165) is 15.6 Å². The van der Waals surface area contributed by atoms with Gasteiger partial charge in [0.1, 0.15) is 6.61 Å². The van der Waals surface area contributed by atoms with Crippen LogP contribution in [0, 0.1) is 5.82 Å². The molecule has 0 atom stereocenters. The molecule has 100 valence electrons. The molecule has 2 rings (SSSR count). The van der Waals surface area contributed by atoms with E-state index in [1.807, 2.05) is 37.4 Å². The Hall–Kier alpha value is -1.39. The van der Waals surface area contributed by atoms with Gasteiger partial charge in [0.05, 0.1) is 0 Å². The smallest absolute Gasteiger partial charge is 0.165 e. The van der Waals surface area contributed by atoms with Crippen molar-refractivity contribution < 1.29 is 9.13 Å². The van der Waals surface area contributed by atoms with Gasteiger partial charge in [-0.1, -0.05) is 46.3 Å². The van der Waals surface area contributed by atoms with Gasteiger partial charge in [-0.15, -0.1) is 0 Å². The van der Waals surface area contributed by atoms with Crippen LogP contribution in [-0.2, 0) is 13.2 Å². The zero-order chi connectivity index (χ0) is 13.7. The summed E-state index contributed by atoms with van der Waals surface area (Å²) in [6.07, 6.45) is 0. The molecule has 0 heterocycles. The molecule has 0 radical (unpaired) electrons. The van der Waals surface area contributed by atoms with E-state index >= 15 is 0 Å². The first-order valence-electron chi connectivity index (χ1n) is 6.00. The molecule has 0 amide bonds. The number of hydrogen-bond acceptors (Lipinski definition) is 2. The fraction of sp³-hybridized carbons (Fsp3) is 0.200. The van der Waals surface area contributed by atoms with Gasteiger partial charge >= 0.3 is 0 Å². The topological polar surface area (TPSA) is 21.3 Å². The lowest BCUT2D eigenvalue weighted by molar-refractivity contribution is 0.285. The van der Waals surface area contributed by atoms with Gasteiger partial charge in [-0.2, -0.15) is 0 Å². The Labute approximate surface area is 120 Å². The van der Waals surface area contributed by atoms with Gasteiger partial charge in [0.2, 0.25) is 0 Å². The number of nitrogens with one attached hydrogen (secondary N) is 1. The third-order valence-electron chi connectivity index (χ3n) is 2.75. The lowest BCUT2D eigenvalue weighted by atomic mass is 10.2. The van der Waals surface area contributed by atoms with E-state index in [0.29, 0.717) is 18.9 Å². The number of halogens is 2. The number of rotatable bonds is 5. The zero-order valence-electron chi connectivity index (χ0n) is 10.6. The summed E-state index contributed by atoms with van der Waals surface area (Å²) < 4.78 is 20.4. The molecule has 19 heavy (non-hydrogen) atoms. The van der Waals surface area contributed by atoms with Crippen LogP contribution in [0.1, 0.15) is 11.1 Å². The number of para-hydroxylation sites is 1. The lowest BCUT2D eigenvalue weighted by Gasteiger charge is -2.13. The number of ether oxygens (including phenoxy) is 1. The van der Waals surface area contributed by atoms with Crippen LogP contribution < -0.4 is 10.1 Å². The van der Waals surface area contributed by atoms with Crippen LogP contribution in [-0.4, -0.2) is 7.05 Å². The van der Waals surface area contributed by atoms with E-state index in [2.05, 4.69) is 21.2 Å². The van der Waals surface area contributed by atoms with E-state index in [4.69, 9.17) is 4.74 Å². The molecule has 0 saturated heterocycles. The van der Waals surface area contributed by atoms with Crippen molar-refractivity contribution in [1.82, 2.24) is 5.32 Å². The third kappa shape index (κ3) is 3.55. The second-order valence-electron chi connectivity index (χ2n) is 4.14. The summed E-state index contributed by atoms with van der Waals surface area (Å²) >= 11 is 3.45. The van der Waals surface area contributed by atoms with Crippen LogP contribution in [0.4, 0.5) is 4.39 Å². The summed E-state index contributed by atoms with van der Waals surface area (Å²) in [5, 5.41) is 3.01. The monoisotopic (exact) mass is 323 g/mol. The van der Waals surface area contributed by atoms with Crippen molar-refractivity contribution >= 4 is 15.9 Å². The molecule has 2 aromatic rings. The van der Waals surface area contributed by atoms with Crippen molar-refractivity contribution in [2.24, 2.45) is 0 Å². The highest BCUT2D eigenvalue weighted by Gasteiger charge is 2.10. The van der Waals surface area contributed by atoms with Crippen molar-refractivity contribution in [3.63, 3.8) is 0 Å². The average Bonchev–Trinajstić information content (AvgIpc) is 2.40. The maximum absolute atomic E-state index is 13.8. The average molecular weight is 324 g/mol. The molecule has 0 bridgehead atoms. The number of benzene rings is 2. The maximum Gasteiger partial charge on any atom is 0.165 e. The second-order valence-corrected chi connectivity index (χ2v) is 4.99.